The number of carboxylic acids is 1. The van der Waals surface area contributed by atoms with Gasteiger partial charge in [0.2, 0.25) is 0 Å². The van der Waals surface area contributed by atoms with Gasteiger partial charge >= 0.3 is 5.97 Å². The summed E-state index contributed by atoms with van der Waals surface area (Å²) in [6, 6.07) is 8.19. The van der Waals surface area contributed by atoms with Crippen LogP contribution in [0.25, 0.3) is 6.08 Å². The number of piperidine rings is 1. The highest BCUT2D eigenvalue weighted by molar-refractivity contribution is 8.26. The Bertz CT molecular complexity index is 768. The summed E-state index contributed by atoms with van der Waals surface area (Å²) in [5, 5.41) is 8.91. The van der Waals surface area contributed by atoms with E-state index in [4.69, 9.17) is 17.3 Å². The molecule has 5 nitrogen and oxygen atoms in total. The van der Waals surface area contributed by atoms with Crippen molar-refractivity contribution in [1.82, 2.24) is 4.90 Å². The second-order valence-electron chi connectivity index (χ2n) is 7.33. The van der Waals surface area contributed by atoms with Crippen LogP contribution in [0, 0.1) is 5.92 Å². The monoisotopic (exact) mass is 418 g/mol. The Hall–Kier alpha value is -1.86. The molecule has 1 amide bonds. The van der Waals surface area contributed by atoms with E-state index < -0.39 is 12.5 Å². The Kier molecular flexibility index (Phi) is 7.13. The third kappa shape index (κ3) is 5.14. The minimum absolute atomic E-state index is 0.293. The summed E-state index contributed by atoms with van der Waals surface area (Å²) < 4.78 is 0.293. The largest absolute Gasteiger partial charge is 0.480 e. The van der Waals surface area contributed by atoms with Gasteiger partial charge < -0.3 is 10.0 Å². The number of aliphatic carboxylic acids is 1. The fourth-order valence-corrected chi connectivity index (χ4v) is 4.93. The van der Waals surface area contributed by atoms with Crippen molar-refractivity contribution in [2.75, 3.05) is 24.5 Å². The lowest BCUT2D eigenvalue weighted by Gasteiger charge is -2.33. The maximum Gasteiger partial charge on any atom is 0.323 e. The highest BCUT2D eigenvalue weighted by Gasteiger charge is 2.33. The number of carboxylic acid groups (broad SMARTS) is 1. The number of benzene rings is 1. The molecule has 2 saturated heterocycles. The minimum atomic E-state index is -1.07. The normalized spacial score (nSPS) is 19.7. The zero-order valence-corrected chi connectivity index (χ0v) is 17.7. The van der Waals surface area contributed by atoms with Gasteiger partial charge in [0.25, 0.3) is 5.91 Å². The molecule has 0 saturated carbocycles. The van der Waals surface area contributed by atoms with Crippen molar-refractivity contribution in [3.05, 3.63) is 34.7 Å². The maximum atomic E-state index is 12.4. The summed E-state index contributed by atoms with van der Waals surface area (Å²) in [7, 11) is 0. The molecule has 150 valence electrons. The number of anilines is 1. The smallest absolute Gasteiger partial charge is 0.323 e. The minimum Gasteiger partial charge on any atom is -0.480 e. The van der Waals surface area contributed by atoms with Crippen LogP contribution in [-0.4, -0.2) is 45.8 Å². The molecule has 1 N–H and O–H groups in total. The number of nitrogens with zero attached hydrogens (tertiary/aromatic N) is 2. The topological polar surface area (TPSA) is 60.9 Å². The van der Waals surface area contributed by atoms with E-state index in [1.54, 1.807) is 6.08 Å². The molecule has 1 aromatic carbocycles. The first-order chi connectivity index (χ1) is 13.5. The highest BCUT2D eigenvalue weighted by atomic mass is 32.2. The van der Waals surface area contributed by atoms with Gasteiger partial charge in [0.05, 0.1) is 4.91 Å². The maximum absolute atomic E-state index is 12.4. The molecule has 0 aliphatic carbocycles. The van der Waals surface area contributed by atoms with Crippen molar-refractivity contribution in [2.24, 2.45) is 5.92 Å². The molecule has 28 heavy (non-hydrogen) atoms. The Balaban J connectivity index is 1.61. The molecule has 0 bridgehead atoms. The predicted octanol–water partition coefficient (Wildman–Crippen LogP) is 4.38. The van der Waals surface area contributed by atoms with E-state index in [1.165, 1.54) is 37.8 Å². The highest BCUT2D eigenvalue weighted by Crippen LogP contribution is 2.33. The van der Waals surface area contributed by atoms with E-state index in [9.17, 15) is 9.59 Å². The van der Waals surface area contributed by atoms with Crippen LogP contribution in [0.3, 0.4) is 0 Å². The van der Waals surface area contributed by atoms with Gasteiger partial charge in [-0.3, -0.25) is 14.5 Å². The number of amides is 1. The summed E-state index contributed by atoms with van der Waals surface area (Å²) in [6.07, 6.45) is 8.25. The molecule has 0 spiro atoms. The number of hydrogen-bond donors (Lipinski definition) is 1. The lowest BCUT2D eigenvalue weighted by atomic mass is 9.91. The molecular formula is C21H26N2O3S2. The molecule has 0 radical (unpaired) electrons. The van der Waals surface area contributed by atoms with Crippen LogP contribution in [0.2, 0.25) is 0 Å². The first kappa shape index (κ1) is 20.9. The Labute approximate surface area is 175 Å². The lowest BCUT2D eigenvalue weighted by Crippen LogP contribution is -2.33. The second-order valence-corrected chi connectivity index (χ2v) is 9.00. The van der Waals surface area contributed by atoms with Crippen molar-refractivity contribution in [1.29, 1.82) is 0 Å². The van der Waals surface area contributed by atoms with E-state index in [0.29, 0.717) is 9.23 Å². The van der Waals surface area contributed by atoms with Crippen molar-refractivity contribution >= 4 is 51.9 Å². The molecular weight excluding hydrogens is 392 g/mol. The molecule has 0 atom stereocenters. The molecule has 2 fully saturated rings. The number of rotatable bonds is 7. The van der Waals surface area contributed by atoms with Crippen molar-refractivity contribution < 1.29 is 14.7 Å². The number of thiocarbonyl (C=S) groups is 1. The van der Waals surface area contributed by atoms with Gasteiger partial charge in [-0.25, -0.2) is 0 Å². The number of unbranched alkanes of at least 4 members (excludes halogenated alkanes) is 1. The first-order valence-corrected chi connectivity index (χ1v) is 11.0. The fourth-order valence-electron chi connectivity index (χ4n) is 3.68. The lowest BCUT2D eigenvalue weighted by molar-refractivity contribution is -0.140. The molecule has 2 aliphatic heterocycles. The Morgan fingerprint density at radius 1 is 1.29 bits per heavy atom. The standard InChI is InChI=1S/C21H26N2O3S2/c1-2-3-4-15-9-11-22(12-10-15)17-7-5-16(6-8-17)13-18-20(26)23(14-19(24)25)21(27)28-18/h5-8,13,15H,2-4,9-12,14H2,1H3,(H,24,25)/b18-13-. The van der Waals surface area contributed by atoms with Gasteiger partial charge in [-0.1, -0.05) is 62.3 Å². The zero-order valence-electron chi connectivity index (χ0n) is 16.1. The zero-order chi connectivity index (χ0) is 20.1. The van der Waals surface area contributed by atoms with Crippen LogP contribution < -0.4 is 4.90 Å². The van der Waals surface area contributed by atoms with E-state index in [0.717, 1.165) is 41.2 Å². The van der Waals surface area contributed by atoms with Gasteiger partial charge in [0.1, 0.15) is 10.9 Å². The van der Waals surface area contributed by atoms with Gasteiger partial charge in [0.15, 0.2) is 0 Å². The number of hydrogen-bond acceptors (Lipinski definition) is 5. The third-order valence-electron chi connectivity index (χ3n) is 5.30. The van der Waals surface area contributed by atoms with Crippen molar-refractivity contribution in [3.63, 3.8) is 0 Å². The SMILES string of the molecule is CCCCC1CCN(c2ccc(/C=C3\SC(=S)N(CC(=O)O)C3=O)cc2)CC1. The molecule has 7 heteroatoms. The number of carbonyl (C=O) groups is 2. The molecule has 2 aliphatic rings. The van der Waals surface area contributed by atoms with Crippen LogP contribution in [0.1, 0.15) is 44.6 Å². The summed E-state index contributed by atoms with van der Waals surface area (Å²) in [5.41, 5.74) is 2.13. The van der Waals surface area contributed by atoms with Gasteiger partial charge in [-0.15, -0.1) is 0 Å². The first-order valence-electron chi connectivity index (χ1n) is 9.80. The average molecular weight is 419 g/mol. The van der Waals surface area contributed by atoms with E-state index in [1.807, 2.05) is 12.1 Å². The number of carbonyl (C=O) groups excluding carboxylic acids is 1. The second kappa shape index (κ2) is 9.56. The fraction of sp³-hybridized carbons (Fsp3) is 0.476. The number of thioether (sulfide) groups is 1. The van der Waals surface area contributed by atoms with Crippen LogP contribution in [0.4, 0.5) is 5.69 Å². The van der Waals surface area contributed by atoms with E-state index in [2.05, 4.69) is 24.0 Å². The van der Waals surface area contributed by atoms with Gasteiger partial charge in [-0.05, 0) is 42.5 Å². The van der Waals surface area contributed by atoms with Crippen LogP contribution in [-0.2, 0) is 9.59 Å². The van der Waals surface area contributed by atoms with Gasteiger partial charge in [0, 0.05) is 18.8 Å². The summed E-state index contributed by atoms with van der Waals surface area (Å²) in [6.45, 7) is 4.05. The molecule has 3 rings (SSSR count). The molecule has 1 aromatic rings. The van der Waals surface area contributed by atoms with Crippen LogP contribution >= 0.6 is 24.0 Å². The van der Waals surface area contributed by atoms with Crippen molar-refractivity contribution in [3.8, 4) is 0 Å². The van der Waals surface area contributed by atoms with Gasteiger partial charge in [-0.2, -0.15) is 0 Å². The summed E-state index contributed by atoms with van der Waals surface area (Å²) in [5.74, 6) is -0.542. The van der Waals surface area contributed by atoms with E-state index >= 15 is 0 Å². The van der Waals surface area contributed by atoms with E-state index in [-0.39, 0.29) is 5.91 Å². The average Bonchev–Trinajstić information content (AvgIpc) is 2.94. The quantitative estimate of drug-likeness (QED) is 0.524. The Morgan fingerprint density at radius 3 is 2.57 bits per heavy atom. The summed E-state index contributed by atoms with van der Waals surface area (Å²) in [4.78, 5) is 27.3. The molecule has 0 unspecified atom stereocenters. The molecule has 2 heterocycles. The van der Waals surface area contributed by atoms with Crippen molar-refractivity contribution in [2.45, 2.75) is 39.0 Å². The van der Waals surface area contributed by atoms with Crippen LogP contribution in [0.5, 0.6) is 0 Å². The summed E-state index contributed by atoms with van der Waals surface area (Å²) >= 11 is 6.28. The Morgan fingerprint density at radius 2 is 1.96 bits per heavy atom. The van der Waals surface area contributed by atoms with Crippen LogP contribution in [0.15, 0.2) is 29.2 Å². The third-order valence-corrected chi connectivity index (χ3v) is 6.68. The predicted molar refractivity (Wildman–Crippen MR) is 118 cm³/mol. The molecule has 0 aromatic heterocycles.